The van der Waals surface area contributed by atoms with Gasteiger partial charge in [-0.25, -0.2) is 0 Å². The number of nitrogens with zero attached hydrogens (tertiary/aromatic N) is 1. The molecule has 33 heavy (non-hydrogen) atoms. The van der Waals surface area contributed by atoms with Gasteiger partial charge in [0, 0.05) is 31.2 Å². The molecule has 0 spiro atoms. The molecule has 4 heteroatoms. The van der Waals surface area contributed by atoms with Crippen molar-refractivity contribution in [3.05, 3.63) is 106 Å². The summed E-state index contributed by atoms with van der Waals surface area (Å²) in [7, 11) is 0. The summed E-state index contributed by atoms with van der Waals surface area (Å²) in [6, 6.07) is 22.1. The Morgan fingerprint density at radius 2 is 1.91 bits per heavy atom. The lowest BCUT2D eigenvalue weighted by molar-refractivity contribution is 0.0951. The van der Waals surface area contributed by atoms with Crippen LogP contribution in [0.4, 0.5) is 0 Å². The van der Waals surface area contributed by atoms with Crippen molar-refractivity contribution in [1.82, 2.24) is 10.2 Å². The van der Waals surface area contributed by atoms with Gasteiger partial charge in [0.1, 0.15) is 5.75 Å². The first-order valence-electron chi connectivity index (χ1n) is 11.7. The number of nitrogens with one attached hydrogen (secondary N) is 1. The lowest BCUT2D eigenvalue weighted by Crippen LogP contribution is -2.34. The fourth-order valence-electron chi connectivity index (χ4n) is 4.43. The Hall–Kier alpha value is -3.37. The average molecular weight is 441 g/mol. The van der Waals surface area contributed by atoms with Gasteiger partial charge in [-0.3, -0.25) is 9.69 Å². The van der Waals surface area contributed by atoms with Crippen molar-refractivity contribution in [2.75, 3.05) is 13.1 Å². The van der Waals surface area contributed by atoms with E-state index >= 15 is 0 Å². The molecule has 4 nitrogen and oxygen atoms in total. The molecule has 1 atom stereocenters. The van der Waals surface area contributed by atoms with Gasteiger partial charge in [0.05, 0.1) is 0 Å². The van der Waals surface area contributed by atoms with Crippen LogP contribution >= 0.6 is 0 Å². The fraction of sp³-hybridized carbons (Fsp3) is 0.276. The van der Waals surface area contributed by atoms with Crippen LogP contribution < -0.4 is 5.32 Å². The van der Waals surface area contributed by atoms with Crippen molar-refractivity contribution in [3.8, 4) is 5.75 Å². The molecule has 0 bridgehead atoms. The molecule has 0 radical (unpaired) electrons. The molecule has 1 aliphatic rings. The zero-order chi connectivity index (χ0) is 23.2. The summed E-state index contributed by atoms with van der Waals surface area (Å²) in [5, 5.41) is 13.0. The van der Waals surface area contributed by atoms with Gasteiger partial charge in [0.25, 0.3) is 5.91 Å². The van der Waals surface area contributed by atoms with E-state index in [1.54, 1.807) is 6.07 Å². The molecule has 170 valence electrons. The zero-order valence-electron chi connectivity index (χ0n) is 19.4. The summed E-state index contributed by atoms with van der Waals surface area (Å²) in [6.07, 6.45) is 5.92. The average Bonchev–Trinajstić information content (AvgIpc) is 2.82. The van der Waals surface area contributed by atoms with Crippen LogP contribution in [0.25, 0.3) is 6.08 Å². The van der Waals surface area contributed by atoms with Crippen molar-refractivity contribution < 1.29 is 9.90 Å². The van der Waals surface area contributed by atoms with E-state index in [4.69, 9.17) is 0 Å². The van der Waals surface area contributed by atoms with Gasteiger partial charge in [-0.05, 0) is 67.1 Å². The molecular weight excluding hydrogens is 408 g/mol. The van der Waals surface area contributed by atoms with Gasteiger partial charge in [0.2, 0.25) is 0 Å². The number of benzene rings is 3. The highest BCUT2D eigenvalue weighted by Gasteiger charge is 2.25. The first-order valence-corrected chi connectivity index (χ1v) is 11.7. The maximum absolute atomic E-state index is 12.9. The number of phenols is 1. The molecule has 3 aromatic carbocycles. The Morgan fingerprint density at radius 3 is 2.73 bits per heavy atom. The SMILES string of the molecule is Cc1ccc(C=CCCNC(=O)c2ccccc2CN2CCc3ccc(O)cc3C2C)cc1. The highest BCUT2D eigenvalue weighted by Crippen LogP contribution is 2.33. The Kier molecular flexibility index (Phi) is 7.26. The number of carbonyl (C=O) groups excluding carboxylic acids is 1. The van der Waals surface area contributed by atoms with Crippen molar-refractivity contribution >= 4 is 12.0 Å². The number of carbonyl (C=O) groups is 1. The molecule has 4 rings (SSSR count). The molecule has 0 saturated heterocycles. The van der Waals surface area contributed by atoms with Crippen LogP contribution in [0.1, 0.15) is 57.6 Å². The van der Waals surface area contributed by atoms with Gasteiger partial charge in [-0.2, -0.15) is 0 Å². The van der Waals surface area contributed by atoms with E-state index in [9.17, 15) is 9.90 Å². The van der Waals surface area contributed by atoms with E-state index in [2.05, 4.69) is 60.5 Å². The monoisotopic (exact) mass is 440 g/mol. The van der Waals surface area contributed by atoms with Crippen molar-refractivity contribution in [1.29, 1.82) is 0 Å². The lowest BCUT2D eigenvalue weighted by atomic mass is 9.92. The fourth-order valence-corrected chi connectivity index (χ4v) is 4.43. The Bertz CT molecular complexity index is 1130. The normalized spacial score (nSPS) is 16.0. The Balaban J connectivity index is 1.36. The highest BCUT2D eigenvalue weighted by molar-refractivity contribution is 5.95. The van der Waals surface area contributed by atoms with Crippen molar-refractivity contribution in [2.24, 2.45) is 0 Å². The van der Waals surface area contributed by atoms with Gasteiger partial charge in [-0.15, -0.1) is 0 Å². The van der Waals surface area contributed by atoms with Crippen LogP contribution in [-0.2, 0) is 13.0 Å². The predicted molar refractivity (Wildman–Crippen MR) is 134 cm³/mol. The summed E-state index contributed by atoms with van der Waals surface area (Å²) < 4.78 is 0. The zero-order valence-corrected chi connectivity index (χ0v) is 19.4. The van der Waals surface area contributed by atoms with Crippen LogP contribution in [0.2, 0.25) is 0 Å². The quantitative estimate of drug-likeness (QED) is 0.467. The maximum Gasteiger partial charge on any atom is 0.251 e. The summed E-state index contributed by atoms with van der Waals surface area (Å²) in [5.74, 6) is 0.274. The molecule has 0 aliphatic carbocycles. The third kappa shape index (κ3) is 5.71. The minimum absolute atomic E-state index is 0.0305. The first kappa shape index (κ1) is 22.8. The van der Waals surface area contributed by atoms with E-state index in [1.807, 2.05) is 36.4 Å². The smallest absolute Gasteiger partial charge is 0.251 e. The van der Waals surface area contributed by atoms with Crippen molar-refractivity contribution in [3.63, 3.8) is 0 Å². The molecule has 2 N–H and O–H groups in total. The van der Waals surface area contributed by atoms with E-state index in [-0.39, 0.29) is 11.9 Å². The van der Waals surface area contributed by atoms with Gasteiger partial charge < -0.3 is 10.4 Å². The molecule has 0 aromatic heterocycles. The molecule has 1 unspecified atom stereocenters. The van der Waals surface area contributed by atoms with E-state index in [1.165, 1.54) is 22.3 Å². The molecule has 0 saturated carbocycles. The second-order valence-electron chi connectivity index (χ2n) is 8.79. The van der Waals surface area contributed by atoms with E-state index in [0.717, 1.165) is 30.5 Å². The molecule has 0 fully saturated rings. The molecule has 1 aliphatic heterocycles. The minimum atomic E-state index is -0.0305. The minimum Gasteiger partial charge on any atom is -0.508 e. The van der Waals surface area contributed by atoms with Gasteiger partial charge in [0.15, 0.2) is 0 Å². The highest BCUT2D eigenvalue weighted by atomic mass is 16.3. The number of aryl methyl sites for hydroxylation is 1. The second kappa shape index (κ2) is 10.5. The number of hydrogen-bond acceptors (Lipinski definition) is 3. The van der Waals surface area contributed by atoms with Crippen LogP contribution in [0.3, 0.4) is 0 Å². The number of phenolic OH excluding ortho intramolecular Hbond substituents is 1. The van der Waals surface area contributed by atoms with Crippen molar-refractivity contribution in [2.45, 2.75) is 39.3 Å². The number of aromatic hydroxyl groups is 1. The van der Waals surface area contributed by atoms with Gasteiger partial charge in [-0.1, -0.05) is 66.2 Å². The maximum atomic E-state index is 12.9. The van der Waals surface area contributed by atoms with Crippen LogP contribution in [0.5, 0.6) is 5.75 Å². The predicted octanol–water partition coefficient (Wildman–Crippen LogP) is 5.65. The van der Waals surface area contributed by atoms with Crippen LogP contribution in [0.15, 0.2) is 72.8 Å². The largest absolute Gasteiger partial charge is 0.508 e. The summed E-state index contributed by atoms with van der Waals surface area (Å²) in [4.78, 5) is 15.3. The summed E-state index contributed by atoms with van der Waals surface area (Å²) in [6.45, 7) is 6.48. The number of amides is 1. The summed E-state index contributed by atoms with van der Waals surface area (Å²) >= 11 is 0. The first-order chi connectivity index (χ1) is 16.0. The van der Waals surface area contributed by atoms with E-state index in [0.29, 0.717) is 18.8 Å². The standard InChI is InChI=1S/C29H32N2O2/c1-21-10-12-23(13-11-21)7-5-6-17-30-29(33)27-9-4-3-8-25(27)20-31-18-16-24-14-15-26(32)19-28(24)22(31)2/h3-5,7-15,19,22,32H,6,16-18,20H2,1-2H3,(H,30,33). The molecule has 1 heterocycles. The number of hydrogen-bond donors (Lipinski definition) is 2. The summed E-state index contributed by atoms with van der Waals surface area (Å²) in [5.41, 5.74) is 6.64. The van der Waals surface area contributed by atoms with E-state index < -0.39 is 0 Å². The number of rotatable bonds is 7. The molecule has 1 amide bonds. The second-order valence-corrected chi connectivity index (χ2v) is 8.79. The topological polar surface area (TPSA) is 52.6 Å². The Labute approximate surface area is 196 Å². The lowest BCUT2D eigenvalue weighted by Gasteiger charge is -2.35. The van der Waals surface area contributed by atoms with Gasteiger partial charge >= 0.3 is 0 Å². The van der Waals surface area contributed by atoms with Crippen LogP contribution in [0, 0.1) is 6.92 Å². The third-order valence-corrected chi connectivity index (χ3v) is 6.42. The third-order valence-electron chi connectivity index (χ3n) is 6.42. The Morgan fingerprint density at radius 1 is 1.12 bits per heavy atom. The molecule has 3 aromatic rings. The number of fused-ring (bicyclic) bond motifs is 1. The van der Waals surface area contributed by atoms with Crippen LogP contribution in [-0.4, -0.2) is 29.0 Å². The molecular formula is C29H32N2O2.